The third-order valence-corrected chi connectivity index (χ3v) is 10.8. The van der Waals surface area contributed by atoms with Crippen molar-refractivity contribution in [2.75, 3.05) is 0 Å². The van der Waals surface area contributed by atoms with Crippen molar-refractivity contribution in [1.82, 2.24) is 0 Å². The molecule has 0 bridgehead atoms. The second-order valence-electron chi connectivity index (χ2n) is 10.5. The van der Waals surface area contributed by atoms with Crippen molar-refractivity contribution in [3.8, 4) is 0 Å². The summed E-state index contributed by atoms with van der Waals surface area (Å²) in [6.45, 7) is 8.20. The first-order chi connectivity index (χ1) is 13.5. The third-order valence-electron chi connectivity index (χ3n) is 9.44. The van der Waals surface area contributed by atoms with Gasteiger partial charge in [0.2, 0.25) is 0 Å². The van der Waals surface area contributed by atoms with Gasteiger partial charge in [0.1, 0.15) is 0 Å². The van der Waals surface area contributed by atoms with Gasteiger partial charge in [0.05, 0.1) is 11.4 Å². The molecule has 29 heavy (non-hydrogen) atoms. The molecular formula is C23H35O5S. The van der Waals surface area contributed by atoms with Crippen LogP contribution in [0, 0.1) is 41.4 Å². The SMILES string of the molecule is [CH2]CCC(C1CC(=O)C=C2CC[C@H]3[C@@H]4CC[C@H](O)[C@@]4(C)CC[C@@H]3[C@]21C)S(=O)(=O)O. The Kier molecular flexibility index (Phi) is 5.31. The van der Waals surface area contributed by atoms with E-state index in [4.69, 9.17) is 0 Å². The maximum atomic E-state index is 12.5. The summed E-state index contributed by atoms with van der Waals surface area (Å²) in [6.07, 6.45) is 7.95. The van der Waals surface area contributed by atoms with Crippen molar-refractivity contribution < 1.29 is 22.9 Å². The first-order valence-corrected chi connectivity index (χ1v) is 12.7. The Morgan fingerprint density at radius 3 is 2.59 bits per heavy atom. The van der Waals surface area contributed by atoms with Gasteiger partial charge in [-0.2, -0.15) is 8.42 Å². The van der Waals surface area contributed by atoms with Gasteiger partial charge < -0.3 is 5.11 Å². The molecule has 4 aliphatic carbocycles. The molecule has 3 fully saturated rings. The Balaban J connectivity index is 1.77. The lowest BCUT2D eigenvalue weighted by Crippen LogP contribution is -2.56. The third kappa shape index (κ3) is 3.16. The molecular weight excluding hydrogens is 388 g/mol. The Morgan fingerprint density at radius 2 is 1.93 bits per heavy atom. The number of ketones is 1. The summed E-state index contributed by atoms with van der Waals surface area (Å²) in [5.41, 5.74) is 0.635. The Morgan fingerprint density at radius 1 is 1.21 bits per heavy atom. The van der Waals surface area contributed by atoms with Crippen molar-refractivity contribution in [2.24, 2.45) is 34.5 Å². The smallest absolute Gasteiger partial charge is 0.268 e. The number of allylic oxidation sites excluding steroid dienone is 1. The molecule has 5 nitrogen and oxygen atoms in total. The molecule has 0 heterocycles. The topological polar surface area (TPSA) is 91.7 Å². The number of aliphatic hydroxyl groups is 1. The van der Waals surface area contributed by atoms with E-state index in [-0.39, 0.29) is 36.1 Å². The van der Waals surface area contributed by atoms with E-state index in [2.05, 4.69) is 20.8 Å². The molecule has 0 aromatic carbocycles. The monoisotopic (exact) mass is 423 g/mol. The molecule has 0 aromatic heterocycles. The van der Waals surface area contributed by atoms with Crippen molar-refractivity contribution in [2.45, 2.75) is 83.0 Å². The van der Waals surface area contributed by atoms with Crippen LogP contribution in [0.25, 0.3) is 0 Å². The van der Waals surface area contributed by atoms with Gasteiger partial charge in [0, 0.05) is 6.42 Å². The highest BCUT2D eigenvalue weighted by Gasteiger charge is 2.62. The molecule has 3 saturated carbocycles. The van der Waals surface area contributed by atoms with E-state index in [9.17, 15) is 22.9 Å². The minimum absolute atomic E-state index is 0.0180. The number of carbonyl (C=O) groups is 1. The fourth-order valence-electron chi connectivity index (χ4n) is 7.94. The standard InChI is InChI=1S/C23H35O5S/c1-4-5-20(29(26,27)28)19-13-15(24)12-14-6-7-16-17-8-9-21(25)22(17,2)11-10-18(16)23(14,19)3/h12,16-21,25H,1,4-11,13H2,2-3H3,(H,26,27,28)/t16-,17-,18-,19?,20?,21-,22-,23-/m0/s1. The lowest BCUT2D eigenvalue weighted by molar-refractivity contribution is -0.122. The van der Waals surface area contributed by atoms with Crippen LogP contribution in [0.2, 0.25) is 0 Å². The molecule has 2 N–H and O–H groups in total. The molecule has 4 aliphatic rings. The van der Waals surface area contributed by atoms with Crippen LogP contribution >= 0.6 is 0 Å². The van der Waals surface area contributed by atoms with Crippen LogP contribution in [0.15, 0.2) is 11.6 Å². The van der Waals surface area contributed by atoms with Crippen LogP contribution in [0.5, 0.6) is 0 Å². The molecule has 0 aromatic rings. The van der Waals surface area contributed by atoms with Crippen molar-refractivity contribution >= 4 is 15.9 Å². The summed E-state index contributed by atoms with van der Waals surface area (Å²) in [4.78, 5) is 12.5. The lowest BCUT2D eigenvalue weighted by atomic mass is 9.44. The van der Waals surface area contributed by atoms with Gasteiger partial charge in [0.15, 0.2) is 5.78 Å². The number of hydrogen-bond acceptors (Lipinski definition) is 4. The number of carbonyl (C=O) groups excluding carboxylic acids is 1. The van der Waals surface area contributed by atoms with Gasteiger partial charge >= 0.3 is 0 Å². The van der Waals surface area contributed by atoms with Crippen molar-refractivity contribution in [3.05, 3.63) is 18.6 Å². The van der Waals surface area contributed by atoms with E-state index in [0.717, 1.165) is 44.1 Å². The van der Waals surface area contributed by atoms with E-state index >= 15 is 0 Å². The molecule has 4 rings (SSSR count). The summed E-state index contributed by atoms with van der Waals surface area (Å²) in [5.74, 6) is 0.749. The Labute approximate surface area is 175 Å². The van der Waals surface area contributed by atoms with Crippen LogP contribution in [-0.2, 0) is 14.9 Å². The predicted octanol–water partition coefficient (Wildman–Crippen LogP) is 3.98. The summed E-state index contributed by atoms with van der Waals surface area (Å²) >= 11 is 0. The maximum absolute atomic E-state index is 12.5. The quantitative estimate of drug-likeness (QED) is 0.668. The normalized spacial score (nSPS) is 45.8. The van der Waals surface area contributed by atoms with E-state index in [0.29, 0.717) is 18.3 Å². The van der Waals surface area contributed by atoms with Gasteiger partial charge in [-0.1, -0.05) is 32.8 Å². The fraction of sp³-hybridized carbons (Fsp3) is 0.826. The molecule has 2 unspecified atom stereocenters. The van der Waals surface area contributed by atoms with Crippen LogP contribution in [0.1, 0.15) is 71.6 Å². The molecule has 6 heteroatoms. The van der Waals surface area contributed by atoms with Gasteiger partial charge in [-0.3, -0.25) is 9.35 Å². The van der Waals surface area contributed by atoms with E-state index in [1.54, 1.807) is 6.08 Å². The highest BCUT2D eigenvalue weighted by molar-refractivity contribution is 7.86. The van der Waals surface area contributed by atoms with E-state index < -0.39 is 26.7 Å². The summed E-state index contributed by atoms with van der Waals surface area (Å²) in [5, 5.41) is 9.70. The summed E-state index contributed by atoms with van der Waals surface area (Å²) in [7, 11) is -4.27. The number of rotatable bonds is 4. The zero-order valence-electron chi connectivity index (χ0n) is 17.6. The molecule has 0 aliphatic heterocycles. The van der Waals surface area contributed by atoms with Gasteiger partial charge in [-0.25, -0.2) is 0 Å². The van der Waals surface area contributed by atoms with Crippen molar-refractivity contribution in [1.29, 1.82) is 0 Å². The second-order valence-corrected chi connectivity index (χ2v) is 12.1. The summed E-state index contributed by atoms with van der Waals surface area (Å²) in [6, 6.07) is 0. The molecule has 0 saturated heterocycles. The molecule has 8 atom stereocenters. The number of aliphatic hydroxyl groups excluding tert-OH is 1. The van der Waals surface area contributed by atoms with Gasteiger partial charge in [-0.15, -0.1) is 0 Å². The first kappa shape index (κ1) is 21.5. The van der Waals surface area contributed by atoms with Crippen LogP contribution in [-0.4, -0.2) is 35.2 Å². The minimum atomic E-state index is -4.27. The number of fused-ring (bicyclic) bond motifs is 5. The van der Waals surface area contributed by atoms with Crippen LogP contribution in [0.3, 0.4) is 0 Å². The van der Waals surface area contributed by atoms with Crippen molar-refractivity contribution in [3.63, 3.8) is 0 Å². The zero-order chi connectivity index (χ0) is 21.2. The largest absolute Gasteiger partial charge is 0.393 e. The molecule has 0 spiro atoms. The summed E-state index contributed by atoms with van der Waals surface area (Å²) < 4.78 is 34.7. The second kappa shape index (κ2) is 7.16. The molecule has 163 valence electrons. The van der Waals surface area contributed by atoms with Crippen LogP contribution < -0.4 is 0 Å². The van der Waals surface area contributed by atoms with E-state index in [1.807, 2.05) is 0 Å². The minimum Gasteiger partial charge on any atom is -0.393 e. The van der Waals surface area contributed by atoms with E-state index in [1.165, 1.54) is 0 Å². The van der Waals surface area contributed by atoms with Gasteiger partial charge in [-0.05, 0) is 85.5 Å². The number of hydrogen-bond donors (Lipinski definition) is 2. The Bertz CT molecular complexity index is 817. The maximum Gasteiger partial charge on any atom is 0.268 e. The molecule has 1 radical (unpaired) electrons. The average Bonchev–Trinajstić information content (AvgIpc) is 2.94. The Hall–Kier alpha value is -0.720. The first-order valence-electron chi connectivity index (χ1n) is 11.2. The van der Waals surface area contributed by atoms with Gasteiger partial charge in [0.25, 0.3) is 10.1 Å². The highest BCUT2D eigenvalue weighted by Crippen LogP contribution is 2.67. The molecule has 0 amide bonds. The predicted molar refractivity (Wildman–Crippen MR) is 112 cm³/mol. The lowest BCUT2D eigenvalue weighted by Gasteiger charge is -2.60. The highest BCUT2D eigenvalue weighted by atomic mass is 32.2. The van der Waals surface area contributed by atoms with Crippen LogP contribution in [0.4, 0.5) is 0 Å². The fourth-order valence-corrected chi connectivity index (χ4v) is 9.19. The zero-order valence-corrected chi connectivity index (χ0v) is 18.5. The average molecular weight is 424 g/mol.